The first-order valence-electron chi connectivity index (χ1n) is 6.41. The summed E-state index contributed by atoms with van der Waals surface area (Å²) in [7, 11) is 0. The van der Waals surface area contributed by atoms with E-state index in [4.69, 9.17) is 17.4 Å². The van der Waals surface area contributed by atoms with Crippen molar-refractivity contribution in [3.05, 3.63) is 64.9 Å². The molecule has 0 saturated heterocycles. The van der Waals surface area contributed by atoms with Gasteiger partial charge in [-0.1, -0.05) is 41.9 Å². The third-order valence-electron chi connectivity index (χ3n) is 3.12. The van der Waals surface area contributed by atoms with Gasteiger partial charge in [-0.15, -0.1) is 0 Å². The van der Waals surface area contributed by atoms with Crippen molar-refractivity contribution in [2.24, 2.45) is 5.84 Å². The van der Waals surface area contributed by atoms with Crippen LogP contribution in [0, 0.1) is 0 Å². The summed E-state index contributed by atoms with van der Waals surface area (Å²) in [5, 5.41) is 0.658. The quantitative estimate of drug-likeness (QED) is 0.628. The molecule has 2 rings (SSSR count). The summed E-state index contributed by atoms with van der Waals surface area (Å²) >= 11 is 6.14. The Balaban J connectivity index is 1.92. The van der Waals surface area contributed by atoms with Gasteiger partial charge in [0.05, 0.1) is 16.8 Å². The molecule has 0 spiro atoms. The van der Waals surface area contributed by atoms with Crippen molar-refractivity contribution in [3.8, 4) is 0 Å². The highest BCUT2D eigenvalue weighted by Crippen LogP contribution is 2.23. The van der Waals surface area contributed by atoms with Gasteiger partial charge in [0.1, 0.15) is 0 Å². The Labute approximate surface area is 118 Å². The maximum absolute atomic E-state index is 6.14. The van der Waals surface area contributed by atoms with Crippen LogP contribution in [0.5, 0.6) is 0 Å². The number of aromatic nitrogens is 1. The molecule has 4 heteroatoms. The highest BCUT2D eigenvalue weighted by molar-refractivity contribution is 6.31. The standard InChI is InChI=1S/C15H18ClN3/c16-13-9-5-11-18-15(13)14(19-17)10-4-8-12-6-2-1-3-7-12/h1-3,5-7,9,11,14,19H,4,8,10,17H2. The van der Waals surface area contributed by atoms with Crippen molar-refractivity contribution >= 4 is 11.6 Å². The number of hydrogen-bond acceptors (Lipinski definition) is 3. The molecule has 0 bridgehead atoms. The van der Waals surface area contributed by atoms with E-state index in [1.165, 1.54) is 5.56 Å². The summed E-state index contributed by atoms with van der Waals surface area (Å²) in [6.45, 7) is 0. The second-order valence-electron chi connectivity index (χ2n) is 4.47. The second-order valence-corrected chi connectivity index (χ2v) is 4.87. The lowest BCUT2D eigenvalue weighted by Crippen LogP contribution is -2.29. The van der Waals surface area contributed by atoms with Crippen LogP contribution < -0.4 is 11.3 Å². The Bertz CT molecular complexity index is 502. The molecule has 2 aromatic rings. The van der Waals surface area contributed by atoms with Gasteiger partial charge in [-0.05, 0) is 37.0 Å². The van der Waals surface area contributed by atoms with Gasteiger partial charge in [0.2, 0.25) is 0 Å². The number of aryl methyl sites for hydroxylation is 1. The average molecular weight is 276 g/mol. The first-order chi connectivity index (χ1) is 9.31. The second kappa shape index (κ2) is 7.24. The van der Waals surface area contributed by atoms with Crippen LogP contribution in [0.4, 0.5) is 0 Å². The largest absolute Gasteiger partial charge is 0.271 e. The fraction of sp³-hybridized carbons (Fsp3) is 0.267. The third-order valence-corrected chi connectivity index (χ3v) is 3.44. The molecular weight excluding hydrogens is 258 g/mol. The van der Waals surface area contributed by atoms with Gasteiger partial charge >= 0.3 is 0 Å². The molecule has 0 saturated carbocycles. The summed E-state index contributed by atoms with van der Waals surface area (Å²) in [4.78, 5) is 4.30. The molecule has 0 aliphatic rings. The summed E-state index contributed by atoms with van der Waals surface area (Å²) in [5.41, 5.74) is 4.96. The van der Waals surface area contributed by atoms with Crippen LogP contribution in [0.3, 0.4) is 0 Å². The Morgan fingerprint density at radius 3 is 2.63 bits per heavy atom. The zero-order valence-corrected chi connectivity index (χ0v) is 11.5. The minimum atomic E-state index is -0.00240. The van der Waals surface area contributed by atoms with E-state index >= 15 is 0 Å². The molecular formula is C15H18ClN3. The van der Waals surface area contributed by atoms with E-state index in [0.717, 1.165) is 25.0 Å². The first kappa shape index (κ1) is 14.0. The molecule has 1 atom stereocenters. The van der Waals surface area contributed by atoms with Crippen molar-refractivity contribution in [2.45, 2.75) is 25.3 Å². The lowest BCUT2D eigenvalue weighted by atomic mass is 10.0. The van der Waals surface area contributed by atoms with Gasteiger partial charge in [-0.2, -0.15) is 0 Å². The van der Waals surface area contributed by atoms with Gasteiger partial charge in [-0.25, -0.2) is 0 Å². The van der Waals surface area contributed by atoms with E-state index < -0.39 is 0 Å². The Morgan fingerprint density at radius 2 is 1.95 bits per heavy atom. The van der Waals surface area contributed by atoms with Crippen LogP contribution >= 0.6 is 11.6 Å². The summed E-state index contributed by atoms with van der Waals surface area (Å²) in [6.07, 6.45) is 4.71. The van der Waals surface area contributed by atoms with Crippen LogP contribution in [0.15, 0.2) is 48.7 Å². The lowest BCUT2D eigenvalue weighted by molar-refractivity contribution is 0.488. The van der Waals surface area contributed by atoms with Crippen molar-refractivity contribution in [2.75, 3.05) is 0 Å². The molecule has 3 nitrogen and oxygen atoms in total. The molecule has 0 aliphatic carbocycles. The van der Waals surface area contributed by atoms with E-state index in [-0.39, 0.29) is 6.04 Å². The van der Waals surface area contributed by atoms with Crippen molar-refractivity contribution in [1.82, 2.24) is 10.4 Å². The minimum absolute atomic E-state index is 0.00240. The van der Waals surface area contributed by atoms with Gasteiger partial charge in [-0.3, -0.25) is 16.3 Å². The minimum Gasteiger partial charge on any atom is -0.271 e. The molecule has 0 amide bonds. The van der Waals surface area contributed by atoms with Crippen LogP contribution in [0.25, 0.3) is 0 Å². The molecule has 0 aliphatic heterocycles. The number of nitrogens with two attached hydrogens (primary N) is 1. The number of benzene rings is 1. The SMILES string of the molecule is NNC(CCCc1ccccc1)c1ncccc1Cl. The molecule has 19 heavy (non-hydrogen) atoms. The van der Waals surface area contributed by atoms with Crippen LogP contribution in [0.1, 0.15) is 30.1 Å². The summed E-state index contributed by atoms with van der Waals surface area (Å²) < 4.78 is 0. The zero-order valence-electron chi connectivity index (χ0n) is 10.7. The van der Waals surface area contributed by atoms with E-state index in [2.05, 4.69) is 34.7 Å². The van der Waals surface area contributed by atoms with Crippen LogP contribution in [0.2, 0.25) is 5.02 Å². The van der Waals surface area contributed by atoms with Crippen LogP contribution in [-0.4, -0.2) is 4.98 Å². The highest BCUT2D eigenvalue weighted by atomic mass is 35.5. The fourth-order valence-corrected chi connectivity index (χ4v) is 2.36. The molecule has 0 fully saturated rings. The number of hydrazine groups is 1. The third kappa shape index (κ3) is 4.03. The Hall–Kier alpha value is -1.42. The maximum Gasteiger partial charge on any atom is 0.0772 e. The van der Waals surface area contributed by atoms with Crippen molar-refractivity contribution in [1.29, 1.82) is 0 Å². The van der Waals surface area contributed by atoms with E-state index in [1.807, 2.05) is 18.2 Å². The monoisotopic (exact) mass is 275 g/mol. The smallest absolute Gasteiger partial charge is 0.0772 e. The molecule has 1 aromatic carbocycles. The lowest BCUT2D eigenvalue weighted by Gasteiger charge is -2.16. The van der Waals surface area contributed by atoms with Gasteiger partial charge in [0.25, 0.3) is 0 Å². The van der Waals surface area contributed by atoms with Crippen molar-refractivity contribution < 1.29 is 0 Å². The summed E-state index contributed by atoms with van der Waals surface area (Å²) in [5.74, 6) is 5.60. The Morgan fingerprint density at radius 1 is 1.16 bits per heavy atom. The highest BCUT2D eigenvalue weighted by Gasteiger charge is 2.13. The van der Waals surface area contributed by atoms with Gasteiger partial charge in [0.15, 0.2) is 0 Å². The van der Waals surface area contributed by atoms with Crippen molar-refractivity contribution in [3.63, 3.8) is 0 Å². The predicted molar refractivity (Wildman–Crippen MR) is 78.7 cm³/mol. The van der Waals surface area contributed by atoms with Gasteiger partial charge < -0.3 is 0 Å². The first-order valence-corrected chi connectivity index (χ1v) is 6.79. The van der Waals surface area contributed by atoms with E-state index in [1.54, 1.807) is 6.20 Å². The molecule has 1 unspecified atom stereocenters. The topological polar surface area (TPSA) is 50.9 Å². The number of rotatable bonds is 6. The predicted octanol–water partition coefficient (Wildman–Crippen LogP) is 3.26. The molecule has 3 N–H and O–H groups in total. The summed E-state index contributed by atoms with van der Waals surface area (Å²) in [6, 6.07) is 14.1. The van der Waals surface area contributed by atoms with E-state index in [0.29, 0.717) is 5.02 Å². The maximum atomic E-state index is 6.14. The zero-order chi connectivity index (χ0) is 13.5. The van der Waals surface area contributed by atoms with E-state index in [9.17, 15) is 0 Å². The fourth-order valence-electron chi connectivity index (χ4n) is 2.11. The van der Waals surface area contributed by atoms with Gasteiger partial charge in [0, 0.05) is 6.20 Å². The van der Waals surface area contributed by atoms with Crippen LogP contribution in [-0.2, 0) is 6.42 Å². The Kier molecular flexibility index (Phi) is 5.33. The molecule has 100 valence electrons. The normalized spacial score (nSPS) is 12.3. The molecule has 0 radical (unpaired) electrons. The number of pyridine rings is 1. The molecule has 1 aromatic heterocycles. The average Bonchev–Trinajstić information content (AvgIpc) is 2.46. The number of hydrogen-bond donors (Lipinski definition) is 2. The number of nitrogens with one attached hydrogen (secondary N) is 1. The molecule has 1 heterocycles. The number of halogens is 1. The number of nitrogens with zero attached hydrogens (tertiary/aromatic N) is 1.